The molecule has 3 atom stereocenters. The number of anilines is 1. The topological polar surface area (TPSA) is 40.5 Å². The lowest BCUT2D eigenvalue weighted by atomic mass is 9.62. The van der Waals surface area contributed by atoms with Crippen LogP contribution in [0.5, 0.6) is 0 Å². The maximum absolute atomic E-state index is 14.2. The van der Waals surface area contributed by atoms with E-state index in [1.807, 2.05) is 99.0 Å². The number of hydrogen-bond acceptors (Lipinski definition) is 3. The highest BCUT2D eigenvalue weighted by molar-refractivity contribution is 6.00. The molecule has 3 nitrogen and oxygen atoms in total. The molecule has 0 bridgehead atoms. The van der Waals surface area contributed by atoms with Crippen LogP contribution in [0.2, 0.25) is 0 Å². The molecule has 0 saturated heterocycles. The van der Waals surface area contributed by atoms with Gasteiger partial charge in [-0.25, -0.2) is 0 Å². The maximum Gasteiger partial charge on any atom is 0.170 e. The lowest BCUT2D eigenvalue weighted by molar-refractivity contribution is 0.0110. The van der Waals surface area contributed by atoms with E-state index in [2.05, 4.69) is 41.3 Å². The first-order valence-corrected chi connectivity index (χ1v) is 12.4. The quantitative estimate of drug-likeness (QED) is 0.316. The number of ketones is 1. The fourth-order valence-electron chi connectivity index (χ4n) is 5.39. The summed E-state index contributed by atoms with van der Waals surface area (Å²) in [7, 11) is 4.03. The summed E-state index contributed by atoms with van der Waals surface area (Å²) in [6, 6.07) is 37.5. The van der Waals surface area contributed by atoms with E-state index in [1.54, 1.807) is 0 Å². The minimum Gasteiger partial charge on any atom is -0.380 e. The molecule has 36 heavy (non-hydrogen) atoms. The molecule has 180 valence electrons. The van der Waals surface area contributed by atoms with Crippen molar-refractivity contribution >= 4 is 17.0 Å². The second kappa shape index (κ2) is 9.96. The van der Waals surface area contributed by atoms with Crippen molar-refractivity contribution in [1.29, 1.82) is 0 Å². The van der Waals surface area contributed by atoms with Crippen LogP contribution >= 0.6 is 0 Å². The Balaban J connectivity index is 1.72. The van der Waals surface area contributed by atoms with Gasteiger partial charge in [0.25, 0.3) is 0 Å². The van der Waals surface area contributed by atoms with Crippen LogP contribution in [0.3, 0.4) is 0 Å². The highest BCUT2D eigenvalue weighted by Gasteiger charge is 2.49. The SMILES string of the molecule is CN(C)c1ccc([C@@H]2CC(c3ccccc3)=C[C@](O)(c3ccccc3)[C@@H]2C(=O)c2ccccc2)cc1. The van der Waals surface area contributed by atoms with Crippen molar-refractivity contribution in [3.05, 3.63) is 144 Å². The van der Waals surface area contributed by atoms with Crippen LogP contribution in [-0.2, 0) is 5.60 Å². The maximum atomic E-state index is 14.2. The molecule has 0 aliphatic heterocycles. The second-order valence-electron chi connectivity index (χ2n) is 9.73. The predicted molar refractivity (Wildman–Crippen MR) is 147 cm³/mol. The van der Waals surface area contributed by atoms with Crippen LogP contribution in [0.15, 0.2) is 121 Å². The van der Waals surface area contributed by atoms with Crippen LogP contribution < -0.4 is 4.90 Å². The largest absolute Gasteiger partial charge is 0.380 e. The van der Waals surface area contributed by atoms with E-state index < -0.39 is 11.5 Å². The van der Waals surface area contributed by atoms with E-state index in [0.717, 1.165) is 28.0 Å². The zero-order valence-electron chi connectivity index (χ0n) is 20.7. The molecule has 4 aromatic carbocycles. The summed E-state index contributed by atoms with van der Waals surface area (Å²) in [5.74, 6) is -0.939. The molecular weight excluding hydrogens is 442 g/mol. The van der Waals surface area contributed by atoms with Gasteiger partial charge in [-0.05, 0) is 46.9 Å². The summed E-state index contributed by atoms with van der Waals surface area (Å²) in [6.45, 7) is 0. The van der Waals surface area contributed by atoms with Gasteiger partial charge in [0.05, 0.1) is 5.92 Å². The average molecular weight is 474 g/mol. The number of aliphatic hydroxyl groups is 1. The van der Waals surface area contributed by atoms with Crippen molar-refractivity contribution in [2.75, 3.05) is 19.0 Å². The summed E-state index contributed by atoms with van der Waals surface area (Å²) in [6.07, 6.45) is 2.58. The molecule has 0 saturated carbocycles. The molecule has 0 aromatic heterocycles. The van der Waals surface area contributed by atoms with Crippen molar-refractivity contribution in [2.24, 2.45) is 5.92 Å². The van der Waals surface area contributed by atoms with E-state index in [1.165, 1.54) is 0 Å². The van der Waals surface area contributed by atoms with Crippen LogP contribution in [0.25, 0.3) is 5.57 Å². The third-order valence-corrected chi connectivity index (χ3v) is 7.27. The first-order valence-electron chi connectivity index (χ1n) is 12.4. The number of nitrogens with zero attached hydrogens (tertiary/aromatic N) is 1. The summed E-state index contributed by atoms with van der Waals surface area (Å²) in [5.41, 5.74) is 4.12. The third kappa shape index (κ3) is 4.50. The van der Waals surface area contributed by atoms with Gasteiger partial charge in [-0.15, -0.1) is 0 Å². The van der Waals surface area contributed by atoms with Gasteiger partial charge in [-0.3, -0.25) is 4.79 Å². The van der Waals surface area contributed by atoms with Gasteiger partial charge >= 0.3 is 0 Å². The summed E-state index contributed by atoms with van der Waals surface area (Å²) in [5, 5.41) is 12.5. The van der Waals surface area contributed by atoms with Crippen LogP contribution in [0, 0.1) is 5.92 Å². The van der Waals surface area contributed by atoms with E-state index in [0.29, 0.717) is 12.0 Å². The van der Waals surface area contributed by atoms with E-state index in [-0.39, 0.29) is 11.7 Å². The summed E-state index contributed by atoms with van der Waals surface area (Å²) >= 11 is 0. The van der Waals surface area contributed by atoms with Gasteiger partial charge in [0.15, 0.2) is 5.78 Å². The Morgan fingerprint density at radius 1 is 0.778 bits per heavy atom. The Bertz CT molecular complexity index is 1350. The van der Waals surface area contributed by atoms with Gasteiger partial charge in [-0.2, -0.15) is 0 Å². The summed E-state index contributed by atoms with van der Waals surface area (Å²) in [4.78, 5) is 16.3. The molecule has 0 spiro atoms. The van der Waals surface area contributed by atoms with Gasteiger partial charge in [0.2, 0.25) is 0 Å². The Kier molecular flexibility index (Phi) is 6.58. The number of benzene rings is 4. The normalized spacial score (nSPS) is 21.5. The lowest BCUT2D eigenvalue weighted by Crippen LogP contribution is -2.44. The molecule has 1 N–H and O–H groups in total. The predicted octanol–water partition coefficient (Wildman–Crippen LogP) is 6.71. The number of carbonyl (C=O) groups is 1. The molecule has 0 unspecified atom stereocenters. The molecule has 0 fully saturated rings. The molecule has 0 radical (unpaired) electrons. The Morgan fingerprint density at radius 3 is 1.92 bits per heavy atom. The van der Waals surface area contributed by atoms with Crippen molar-refractivity contribution in [3.63, 3.8) is 0 Å². The number of rotatable bonds is 6. The Labute approximate surface area is 213 Å². The van der Waals surface area contributed by atoms with Crippen molar-refractivity contribution < 1.29 is 9.90 Å². The number of hydrogen-bond donors (Lipinski definition) is 1. The standard InChI is InChI=1S/C33H31NO2/c1-34(2)29-20-18-25(19-21-29)30-22-27(24-12-6-3-7-13-24)23-33(36,28-16-10-5-11-17-28)31(30)32(35)26-14-8-4-9-15-26/h3-21,23,30-31,36H,22H2,1-2H3/t30-,31-,33-/m0/s1. The van der Waals surface area contributed by atoms with Crippen LogP contribution in [0.4, 0.5) is 5.69 Å². The molecule has 0 heterocycles. The van der Waals surface area contributed by atoms with Gasteiger partial charge < -0.3 is 10.0 Å². The number of carbonyl (C=O) groups excluding carboxylic acids is 1. The second-order valence-corrected chi connectivity index (χ2v) is 9.73. The number of allylic oxidation sites excluding steroid dienone is 1. The molecule has 1 aliphatic carbocycles. The lowest BCUT2D eigenvalue weighted by Gasteiger charge is -2.43. The summed E-state index contributed by atoms with van der Waals surface area (Å²) < 4.78 is 0. The third-order valence-electron chi connectivity index (χ3n) is 7.27. The monoisotopic (exact) mass is 473 g/mol. The van der Waals surface area contributed by atoms with Crippen molar-refractivity contribution in [3.8, 4) is 0 Å². The molecule has 4 aromatic rings. The van der Waals surface area contributed by atoms with E-state index in [4.69, 9.17) is 0 Å². The van der Waals surface area contributed by atoms with Gasteiger partial charge in [0, 0.05) is 31.3 Å². The first kappa shape index (κ1) is 23.8. The van der Waals surface area contributed by atoms with Crippen molar-refractivity contribution in [1.82, 2.24) is 0 Å². The molecular formula is C33H31NO2. The fourth-order valence-corrected chi connectivity index (χ4v) is 5.39. The molecule has 1 aliphatic rings. The number of Topliss-reactive ketones (excluding diaryl/α,β-unsaturated/α-hetero) is 1. The van der Waals surface area contributed by atoms with Crippen LogP contribution in [-0.4, -0.2) is 25.0 Å². The Morgan fingerprint density at radius 2 is 1.33 bits per heavy atom. The van der Waals surface area contributed by atoms with Gasteiger partial charge in [-0.1, -0.05) is 103 Å². The highest BCUT2D eigenvalue weighted by atomic mass is 16.3. The smallest absolute Gasteiger partial charge is 0.170 e. The fraction of sp³-hybridized carbons (Fsp3) is 0.182. The molecule has 3 heteroatoms. The zero-order chi connectivity index (χ0) is 25.1. The Hall–Kier alpha value is -3.95. The van der Waals surface area contributed by atoms with E-state index >= 15 is 0 Å². The van der Waals surface area contributed by atoms with Crippen LogP contribution in [0.1, 0.15) is 39.4 Å². The minimum atomic E-state index is -1.47. The van der Waals surface area contributed by atoms with E-state index in [9.17, 15) is 9.90 Å². The minimum absolute atomic E-state index is 0.0491. The molecule has 5 rings (SSSR count). The van der Waals surface area contributed by atoms with Crippen molar-refractivity contribution in [2.45, 2.75) is 17.9 Å². The average Bonchev–Trinajstić information content (AvgIpc) is 2.94. The first-order chi connectivity index (χ1) is 17.5. The van der Waals surface area contributed by atoms with Gasteiger partial charge in [0.1, 0.15) is 5.60 Å². The zero-order valence-corrected chi connectivity index (χ0v) is 20.7. The highest BCUT2D eigenvalue weighted by Crippen LogP contribution is 2.51. The molecule has 0 amide bonds.